The number of carbonyl (C=O) groups is 2. The number of ether oxygens (including phenoxy) is 1. The lowest BCUT2D eigenvalue weighted by atomic mass is 10.0. The highest BCUT2D eigenvalue weighted by atomic mass is 35.5. The zero-order valence-corrected chi connectivity index (χ0v) is 21.7. The van der Waals surface area contributed by atoms with Crippen molar-refractivity contribution in [2.75, 3.05) is 13.2 Å². The van der Waals surface area contributed by atoms with Crippen LogP contribution in [-0.4, -0.2) is 35.9 Å². The van der Waals surface area contributed by atoms with Crippen molar-refractivity contribution in [1.29, 1.82) is 0 Å². The van der Waals surface area contributed by atoms with Crippen LogP contribution >= 0.6 is 23.2 Å². The summed E-state index contributed by atoms with van der Waals surface area (Å²) >= 11 is 12.5. The summed E-state index contributed by atoms with van der Waals surface area (Å²) in [6.45, 7) is 6.24. The lowest BCUT2D eigenvalue weighted by molar-refractivity contribution is -0.142. The first-order valence-electron chi connectivity index (χ1n) is 11.5. The second kappa shape index (κ2) is 12.6. The Bertz CT molecular complexity index is 1170. The van der Waals surface area contributed by atoms with Gasteiger partial charge in [-0.2, -0.15) is 0 Å². The van der Waals surface area contributed by atoms with Gasteiger partial charge >= 0.3 is 0 Å². The number of benzene rings is 3. The van der Waals surface area contributed by atoms with Crippen LogP contribution in [0.4, 0.5) is 0 Å². The standard InChI is InChI=1S/C28H30Cl2N2O3/c1-4-31-28(34)26(15-21-8-6-5-7-9-21)32(17-22-11-12-23(29)16-25(22)30)27(33)18-35-24-13-10-19(2)20(3)14-24/h5-14,16,26H,4,15,17-18H2,1-3H3,(H,31,34)/t26-/m1/s1. The number of nitrogens with one attached hydrogen (secondary N) is 1. The van der Waals surface area contributed by atoms with Crippen molar-refractivity contribution in [1.82, 2.24) is 10.2 Å². The second-order valence-corrected chi connectivity index (χ2v) is 9.24. The Hall–Kier alpha value is -3.02. The van der Waals surface area contributed by atoms with Crippen molar-refractivity contribution in [3.05, 3.63) is 99.0 Å². The highest BCUT2D eigenvalue weighted by Gasteiger charge is 2.31. The molecule has 184 valence electrons. The van der Waals surface area contributed by atoms with E-state index in [2.05, 4.69) is 5.32 Å². The minimum atomic E-state index is -0.750. The third-order valence-corrected chi connectivity index (χ3v) is 6.41. The highest BCUT2D eigenvalue weighted by molar-refractivity contribution is 6.35. The third-order valence-electron chi connectivity index (χ3n) is 5.82. The average molecular weight is 513 g/mol. The van der Waals surface area contributed by atoms with Crippen molar-refractivity contribution >= 4 is 35.0 Å². The lowest BCUT2D eigenvalue weighted by Crippen LogP contribution is -2.51. The van der Waals surface area contributed by atoms with Gasteiger partial charge in [0.2, 0.25) is 5.91 Å². The number of rotatable bonds is 10. The summed E-state index contributed by atoms with van der Waals surface area (Å²) in [6.07, 6.45) is 0.354. The summed E-state index contributed by atoms with van der Waals surface area (Å²) in [4.78, 5) is 28.3. The van der Waals surface area contributed by atoms with Gasteiger partial charge in [0.1, 0.15) is 11.8 Å². The number of aryl methyl sites for hydroxylation is 2. The molecule has 2 amide bonds. The topological polar surface area (TPSA) is 58.6 Å². The van der Waals surface area contributed by atoms with Crippen LogP contribution in [0.5, 0.6) is 5.75 Å². The molecular formula is C28H30Cl2N2O3. The highest BCUT2D eigenvalue weighted by Crippen LogP contribution is 2.24. The molecule has 0 fully saturated rings. The van der Waals surface area contributed by atoms with Crippen molar-refractivity contribution in [3.8, 4) is 5.75 Å². The van der Waals surface area contributed by atoms with Gasteiger partial charge in [0, 0.05) is 29.6 Å². The maximum Gasteiger partial charge on any atom is 0.261 e. The van der Waals surface area contributed by atoms with Gasteiger partial charge in [-0.3, -0.25) is 9.59 Å². The second-order valence-electron chi connectivity index (χ2n) is 8.39. The van der Waals surface area contributed by atoms with Crippen LogP contribution in [-0.2, 0) is 22.6 Å². The lowest BCUT2D eigenvalue weighted by Gasteiger charge is -2.31. The number of nitrogens with zero attached hydrogens (tertiary/aromatic N) is 1. The van der Waals surface area contributed by atoms with E-state index < -0.39 is 6.04 Å². The van der Waals surface area contributed by atoms with Gasteiger partial charge < -0.3 is 15.0 Å². The summed E-state index contributed by atoms with van der Waals surface area (Å²) in [6, 6.07) is 19.7. The molecule has 3 rings (SSSR count). The zero-order valence-electron chi connectivity index (χ0n) is 20.2. The number of halogens is 2. The fourth-order valence-electron chi connectivity index (χ4n) is 3.71. The third kappa shape index (κ3) is 7.48. The molecule has 0 unspecified atom stereocenters. The molecule has 35 heavy (non-hydrogen) atoms. The molecule has 0 radical (unpaired) electrons. The SMILES string of the molecule is CCNC(=O)[C@@H](Cc1ccccc1)N(Cc1ccc(Cl)cc1Cl)C(=O)COc1ccc(C)c(C)c1. The molecule has 0 aliphatic carbocycles. The van der Waals surface area contributed by atoms with Crippen LogP contribution in [0.2, 0.25) is 10.0 Å². The van der Waals surface area contributed by atoms with Crippen molar-refractivity contribution in [2.24, 2.45) is 0 Å². The van der Waals surface area contributed by atoms with Gasteiger partial charge in [0.25, 0.3) is 5.91 Å². The van der Waals surface area contributed by atoms with Crippen LogP contribution in [0.1, 0.15) is 29.2 Å². The van der Waals surface area contributed by atoms with E-state index in [-0.39, 0.29) is 25.0 Å². The number of hydrogen-bond acceptors (Lipinski definition) is 3. The van der Waals surface area contributed by atoms with E-state index in [0.29, 0.717) is 34.3 Å². The van der Waals surface area contributed by atoms with E-state index in [1.807, 2.05) is 69.3 Å². The minimum absolute atomic E-state index is 0.139. The predicted molar refractivity (Wildman–Crippen MR) is 141 cm³/mol. The van der Waals surface area contributed by atoms with E-state index in [0.717, 1.165) is 16.7 Å². The van der Waals surface area contributed by atoms with Crippen molar-refractivity contribution < 1.29 is 14.3 Å². The number of amides is 2. The van der Waals surface area contributed by atoms with E-state index in [9.17, 15) is 9.59 Å². The summed E-state index contributed by atoms with van der Waals surface area (Å²) in [5.41, 5.74) is 3.85. The predicted octanol–water partition coefficient (Wildman–Crippen LogP) is 5.77. The smallest absolute Gasteiger partial charge is 0.261 e. The Morgan fingerprint density at radius 1 is 0.971 bits per heavy atom. The first-order valence-corrected chi connectivity index (χ1v) is 12.3. The molecule has 1 atom stereocenters. The van der Waals surface area contributed by atoms with Crippen LogP contribution in [0.15, 0.2) is 66.7 Å². The molecule has 0 aromatic heterocycles. The fraction of sp³-hybridized carbons (Fsp3) is 0.286. The maximum absolute atomic E-state index is 13.5. The number of hydrogen-bond donors (Lipinski definition) is 1. The van der Waals surface area contributed by atoms with Gasteiger partial charge in [0.05, 0.1) is 0 Å². The van der Waals surface area contributed by atoms with Crippen molar-refractivity contribution in [3.63, 3.8) is 0 Å². The van der Waals surface area contributed by atoms with Gasteiger partial charge in [0.15, 0.2) is 6.61 Å². The van der Waals surface area contributed by atoms with E-state index in [1.165, 1.54) is 4.90 Å². The van der Waals surface area contributed by atoms with Crippen molar-refractivity contribution in [2.45, 2.75) is 39.8 Å². The van der Waals surface area contributed by atoms with Gasteiger partial charge in [-0.15, -0.1) is 0 Å². The Kier molecular flexibility index (Phi) is 9.58. The first kappa shape index (κ1) is 26.6. The zero-order chi connectivity index (χ0) is 25.4. The van der Waals surface area contributed by atoms with Gasteiger partial charge in [-0.05, 0) is 67.3 Å². The summed E-state index contributed by atoms with van der Waals surface area (Å²) in [5.74, 6) is 0.0472. The minimum Gasteiger partial charge on any atom is -0.484 e. The molecule has 0 spiro atoms. The average Bonchev–Trinajstić information content (AvgIpc) is 2.84. The molecule has 0 bridgehead atoms. The van der Waals surface area contributed by atoms with Gasteiger partial charge in [-0.25, -0.2) is 0 Å². The van der Waals surface area contributed by atoms with Crippen LogP contribution < -0.4 is 10.1 Å². The normalized spacial score (nSPS) is 11.6. The summed E-state index contributed by atoms with van der Waals surface area (Å²) in [5, 5.41) is 3.80. The van der Waals surface area contributed by atoms with Gasteiger partial charge in [-0.1, -0.05) is 65.7 Å². The molecular weight excluding hydrogens is 483 g/mol. The Morgan fingerprint density at radius 3 is 2.37 bits per heavy atom. The van der Waals surface area contributed by atoms with E-state index >= 15 is 0 Å². The molecule has 0 saturated heterocycles. The first-order chi connectivity index (χ1) is 16.8. The van der Waals surface area contributed by atoms with Crippen LogP contribution in [0.25, 0.3) is 0 Å². The quantitative estimate of drug-likeness (QED) is 0.375. The molecule has 0 aliphatic heterocycles. The Morgan fingerprint density at radius 2 is 1.71 bits per heavy atom. The molecule has 7 heteroatoms. The molecule has 0 aliphatic rings. The molecule has 5 nitrogen and oxygen atoms in total. The molecule has 0 saturated carbocycles. The summed E-state index contributed by atoms with van der Waals surface area (Å²) < 4.78 is 5.83. The fourth-order valence-corrected chi connectivity index (χ4v) is 4.18. The number of likely N-dealkylation sites (N-methyl/N-ethyl adjacent to an activating group) is 1. The Balaban J connectivity index is 1.92. The van der Waals surface area contributed by atoms with Crippen LogP contribution in [0.3, 0.4) is 0 Å². The molecule has 0 heterocycles. The van der Waals surface area contributed by atoms with Crippen LogP contribution in [0, 0.1) is 13.8 Å². The number of carbonyl (C=O) groups excluding carboxylic acids is 2. The molecule has 3 aromatic carbocycles. The summed E-state index contributed by atoms with van der Waals surface area (Å²) in [7, 11) is 0. The molecule has 3 aromatic rings. The largest absolute Gasteiger partial charge is 0.484 e. The monoisotopic (exact) mass is 512 g/mol. The van der Waals surface area contributed by atoms with E-state index in [4.69, 9.17) is 27.9 Å². The van der Waals surface area contributed by atoms with E-state index in [1.54, 1.807) is 18.2 Å². The molecule has 1 N–H and O–H groups in total. The Labute approximate surface area is 217 Å². The maximum atomic E-state index is 13.5.